The van der Waals surface area contributed by atoms with E-state index in [9.17, 15) is 9.90 Å². The van der Waals surface area contributed by atoms with Crippen LogP contribution in [0.2, 0.25) is 0 Å². The molecule has 0 aromatic heterocycles. The zero-order chi connectivity index (χ0) is 21.7. The van der Waals surface area contributed by atoms with E-state index in [2.05, 4.69) is 45.1 Å². The van der Waals surface area contributed by atoms with Gasteiger partial charge in [0, 0.05) is 18.9 Å². The molecule has 1 spiro atoms. The smallest absolute Gasteiger partial charge is 0.161 e. The number of ether oxygens (including phenoxy) is 1. The fourth-order valence-electron chi connectivity index (χ4n) is 7.83. The molecule has 4 nitrogen and oxygen atoms in total. The monoisotopic (exact) mass is 414 g/mol. The Kier molecular flexibility index (Phi) is 5.89. The molecule has 2 N–H and O–H groups in total. The summed E-state index contributed by atoms with van der Waals surface area (Å²) in [6.45, 7) is 6.59. The van der Waals surface area contributed by atoms with Crippen molar-refractivity contribution in [2.24, 2.45) is 35.0 Å². The van der Waals surface area contributed by atoms with Gasteiger partial charge in [0.25, 0.3) is 0 Å². The summed E-state index contributed by atoms with van der Waals surface area (Å²) in [6.07, 6.45) is 16.2. The van der Waals surface area contributed by atoms with Crippen molar-refractivity contribution < 1.29 is 19.7 Å². The summed E-state index contributed by atoms with van der Waals surface area (Å²) < 4.78 is 6.71. The van der Waals surface area contributed by atoms with Crippen molar-refractivity contribution in [3.05, 3.63) is 35.5 Å². The Balaban J connectivity index is 0.00000106. The van der Waals surface area contributed by atoms with Gasteiger partial charge in [-0.25, -0.2) is 0 Å². The molecule has 5 rings (SSSR count). The van der Waals surface area contributed by atoms with Gasteiger partial charge >= 0.3 is 0 Å². The second-order valence-electron chi connectivity index (χ2n) is 10.3. The SMILES string of the molecule is CCC/C=C1/C=CC23OC4CC5(C)C(C(=O)CO)CCC5C(C[C@H](C)C2=C1)[C@H]43.CO. The number of aliphatic hydroxyl groups excluding tert-OH is 2. The Morgan fingerprint density at radius 2 is 2.10 bits per heavy atom. The molecule has 5 aliphatic rings. The van der Waals surface area contributed by atoms with Crippen molar-refractivity contribution in [3.63, 3.8) is 0 Å². The van der Waals surface area contributed by atoms with Crippen molar-refractivity contribution in [2.45, 2.75) is 71.0 Å². The molecule has 0 aromatic carbocycles. The molecule has 0 bridgehead atoms. The van der Waals surface area contributed by atoms with E-state index in [4.69, 9.17) is 9.84 Å². The zero-order valence-corrected chi connectivity index (χ0v) is 18.9. The summed E-state index contributed by atoms with van der Waals surface area (Å²) in [5.74, 6) is 2.37. The molecule has 4 heteroatoms. The van der Waals surface area contributed by atoms with Gasteiger partial charge < -0.3 is 14.9 Å². The van der Waals surface area contributed by atoms with Gasteiger partial charge in [-0.3, -0.25) is 4.79 Å². The van der Waals surface area contributed by atoms with Gasteiger partial charge in [0.15, 0.2) is 5.78 Å². The lowest BCUT2D eigenvalue weighted by molar-refractivity contribution is -0.292. The van der Waals surface area contributed by atoms with Crippen LogP contribution in [-0.4, -0.2) is 41.4 Å². The first kappa shape index (κ1) is 22.0. The number of rotatable bonds is 4. The largest absolute Gasteiger partial charge is 0.400 e. The highest BCUT2D eigenvalue weighted by Gasteiger charge is 2.70. The van der Waals surface area contributed by atoms with Gasteiger partial charge in [-0.1, -0.05) is 45.4 Å². The Bertz CT molecular complexity index is 780. The van der Waals surface area contributed by atoms with E-state index >= 15 is 0 Å². The Morgan fingerprint density at radius 3 is 2.80 bits per heavy atom. The van der Waals surface area contributed by atoms with E-state index in [1.54, 1.807) is 0 Å². The number of unbranched alkanes of at least 4 members (excludes halogenated alkanes) is 1. The van der Waals surface area contributed by atoms with Crippen molar-refractivity contribution in [3.8, 4) is 0 Å². The lowest BCUT2D eigenvalue weighted by atomic mass is 9.45. The Morgan fingerprint density at radius 1 is 1.33 bits per heavy atom. The quantitative estimate of drug-likeness (QED) is 0.723. The molecule has 0 aromatic rings. The van der Waals surface area contributed by atoms with Gasteiger partial charge in [0.1, 0.15) is 12.2 Å². The van der Waals surface area contributed by atoms with Crippen LogP contribution in [0.15, 0.2) is 35.5 Å². The number of carbonyl (C=O) groups is 1. The summed E-state index contributed by atoms with van der Waals surface area (Å²) >= 11 is 0. The molecule has 0 radical (unpaired) electrons. The summed E-state index contributed by atoms with van der Waals surface area (Å²) in [4.78, 5) is 12.4. The first-order valence-electron chi connectivity index (χ1n) is 11.8. The second-order valence-corrected chi connectivity index (χ2v) is 10.3. The topological polar surface area (TPSA) is 66.8 Å². The molecule has 4 fully saturated rings. The molecule has 8 atom stereocenters. The number of allylic oxidation sites excluding steroid dienone is 4. The third-order valence-corrected chi connectivity index (χ3v) is 8.94. The van der Waals surface area contributed by atoms with Gasteiger partial charge in [0.05, 0.1) is 6.10 Å². The van der Waals surface area contributed by atoms with Crippen molar-refractivity contribution >= 4 is 5.78 Å². The zero-order valence-electron chi connectivity index (χ0n) is 18.9. The van der Waals surface area contributed by atoms with Gasteiger partial charge in [-0.2, -0.15) is 0 Å². The van der Waals surface area contributed by atoms with E-state index < -0.39 is 0 Å². The number of fused-ring (bicyclic) bond motifs is 2. The average Bonchev–Trinajstić information content (AvgIpc) is 3.09. The number of carbonyl (C=O) groups excluding carboxylic acids is 1. The summed E-state index contributed by atoms with van der Waals surface area (Å²) in [7, 11) is 1.00. The van der Waals surface area contributed by atoms with Crippen LogP contribution < -0.4 is 0 Å². The maximum Gasteiger partial charge on any atom is 0.161 e. The van der Waals surface area contributed by atoms with Crippen LogP contribution in [0.1, 0.15) is 59.3 Å². The Hall–Kier alpha value is -1.23. The number of ketones is 1. The number of hydrogen-bond acceptors (Lipinski definition) is 4. The lowest BCUT2D eigenvalue weighted by Crippen LogP contribution is -2.71. The van der Waals surface area contributed by atoms with Crippen LogP contribution in [0.3, 0.4) is 0 Å². The number of aliphatic hydroxyl groups is 2. The minimum atomic E-state index is -0.310. The normalized spacial score (nSPS) is 46.6. The third-order valence-electron chi connectivity index (χ3n) is 8.94. The van der Waals surface area contributed by atoms with Crippen molar-refractivity contribution in [2.75, 3.05) is 13.7 Å². The molecule has 0 amide bonds. The highest BCUT2D eigenvalue weighted by Crippen LogP contribution is 2.70. The highest BCUT2D eigenvalue weighted by atomic mass is 16.5. The van der Waals surface area contributed by atoms with Gasteiger partial charge in [-0.15, -0.1) is 0 Å². The van der Waals surface area contributed by atoms with Crippen LogP contribution in [-0.2, 0) is 9.53 Å². The van der Waals surface area contributed by atoms with E-state index in [0.29, 0.717) is 23.7 Å². The van der Waals surface area contributed by atoms with E-state index in [0.717, 1.165) is 32.8 Å². The molecule has 166 valence electrons. The molecule has 30 heavy (non-hydrogen) atoms. The van der Waals surface area contributed by atoms with E-state index in [1.807, 2.05) is 0 Å². The van der Waals surface area contributed by atoms with Crippen molar-refractivity contribution in [1.29, 1.82) is 0 Å². The van der Waals surface area contributed by atoms with E-state index in [-0.39, 0.29) is 35.4 Å². The summed E-state index contributed by atoms with van der Waals surface area (Å²) in [6, 6.07) is 0. The number of Topliss-reactive ketones (excluding diaryl/α,β-unsaturated/α-hetero) is 1. The van der Waals surface area contributed by atoms with Crippen LogP contribution in [0.4, 0.5) is 0 Å². The van der Waals surface area contributed by atoms with Gasteiger partial charge in [-0.05, 0) is 72.5 Å². The molecule has 1 aliphatic heterocycles. The van der Waals surface area contributed by atoms with Crippen LogP contribution in [0, 0.1) is 35.0 Å². The maximum absolute atomic E-state index is 12.4. The minimum Gasteiger partial charge on any atom is -0.400 e. The molecule has 1 heterocycles. The van der Waals surface area contributed by atoms with E-state index in [1.165, 1.54) is 24.0 Å². The summed E-state index contributed by atoms with van der Waals surface area (Å²) in [5, 5.41) is 16.5. The predicted molar refractivity (Wildman–Crippen MR) is 118 cm³/mol. The molecule has 3 saturated carbocycles. The number of hydrogen-bond donors (Lipinski definition) is 2. The lowest BCUT2D eigenvalue weighted by Gasteiger charge is -2.68. The van der Waals surface area contributed by atoms with Crippen molar-refractivity contribution in [1.82, 2.24) is 0 Å². The van der Waals surface area contributed by atoms with Gasteiger partial charge in [0.2, 0.25) is 0 Å². The van der Waals surface area contributed by atoms with Crippen LogP contribution in [0.5, 0.6) is 0 Å². The minimum absolute atomic E-state index is 0.00123. The molecular weight excluding hydrogens is 376 g/mol. The fourth-order valence-corrected chi connectivity index (χ4v) is 7.83. The Labute approximate surface area is 181 Å². The standard InChI is InChI=1S/C25H34O3.CH4O/c1-4-5-6-16-9-10-25-20(12-16)15(2)11-17-18-7-8-19(21(27)14-26)24(18,3)13-22(28-25)23(17)25;1-2/h6,9-10,12,15,17-19,22-23,26H,4-5,7-8,11,13-14H2,1-3H3;2H,1H3/b16-6-;/t15-,17?,18?,19?,22?,23+,24?,25?;/m0./s1. The highest BCUT2D eigenvalue weighted by molar-refractivity contribution is 5.83. The average molecular weight is 415 g/mol. The molecule has 1 saturated heterocycles. The fraction of sp³-hybridized carbons (Fsp3) is 0.731. The van der Waals surface area contributed by atoms with Crippen LogP contribution in [0.25, 0.3) is 0 Å². The van der Waals surface area contributed by atoms with Crippen LogP contribution >= 0.6 is 0 Å². The molecular formula is C26H38O4. The second kappa shape index (κ2) is 8.03. The first-order chi connectivity index (χ1) is 14.4. The first-order valence-corrected chi connectivity index (χ1v) is 11.8. The maximum atomic E-state index is 12.4. The predicted octanol–water partition coefficient (Wildman–Crippen LogP) is 4.23. The third kappa shape index (κ3) is 2.94. The molecule has 6 unspecified atom stereocenters. The summed E-state index contributed by atoms with van der Waals surface area (Å²) in [5.41, 5.74) is 2.64. The molecule has 4 aliphatic carbocycles.